The van der Waals surface area contributed by atoms with Gasteiger partial charge in [-0.25, -0.2) is 0 Å². The molecule has 0 aromatic heterocycles. The molecule has 0 nitrogen and oxygen atoms in total. The predicted molar refractivity (Wildman–Crippen MR) is 80.2 cm³/mol. The average Bonchev–Trinajstić information content (AvgIpc) is 2.45. The summed E-state index contributed by atoms with van der Waals surface area (Å²) < 4.78 is -0.0847. The highest BCUT2D eigenvalue weighted by atomic mass is 32.1. The number of thiol groups is 1. The summed E-state index contributed by atoms with van der Waals surface area (Å²) in [6.45, 7) is 9.21. The van der Waals surface area contributed by atoms with Crippen molar-refractivity contribution in [1.82, 2.24) is 0 Å². The number of allylic oxidation sites excluding steroid dienone is 4. The fourth-order valence-electron chi connectivity index (χ4n) is 2.49. The first-order valence-electron chi connectivity index (χ1n) is 6.15. The van der Waals surface area contributed by atoms with Crippen LogP contribution in [0.5, 0.6) is 0 Å². The van der Waals surface area contributed by atoms with Gasteiger partial charge in [0.05, 0.1) is 0 Å². The Hall–Kier alpha value is -0.300. The van der Waals surface area contributed by atoms with Crippen LogP contribution in [-0.2, 0) is 0 Å². The van der Waals surface area contributed by atoms with Crippen LogP contribution in [0.2, 0.25) is 5.21 Å². The van der Waals surface area contributed by atoms with Crippen LogP contribution in [0.4, 0.5) is 0 Å². The summed E-state index contributed by atoms with van der Waals surface area (Å²) in [6, 6.07) is 0. The third kappa shape index (κ3) is 2.20. The van der Waals surface area contributed by atoms with Gasteiger partial charge in [-0.2, -0.15) is 12.6 Å². The first kappa shape index (κ1) is 12.2. The highest BCUT2D eigenvalue weighted by Gasteiger charge is 2.38. The summed E-state index contributed by atoms with van der Waals surface area (Å²) in [5.74, 6) is 0.739. The number of rotatable bonds is 1. The Morgan fingerprint density at radius 3 is 1.88 bits per heavy atom. The fraction of sp³-hybridized carbons (Fsp3) is 0.538. The molecule has 84 valence electrons. The zero-order valence-electron chi connectivity index (χ0n) is 10.7. The first-order valence-corrected chi connectivity index (χ1v) is 6.60. The molecular formula is C13H20B2S. The van der Waals surface area contributed by atoms with Gasteiger partial charge in [0.1, 0.15) is 0 Å². The molecule has 0 saturated carbocycles. The summed E-state index contributed by atoms with van der Waals surface area (Å²) in [6.07, 6.45) is 8.99. The van der Waals surface area contributed by atoms with Crippen molar-refractivity contribution in [2.45, 2.75) is 37.7 Å². The van der Waals surface area contributed by atoms with E-state index in [1.165, 1.54) is 25.5 Å². The van der Waals surface area contributed by atoms with E-state index in [-0.39, 0.29) is 4.75 Å². The second kappa shape index (κ2) is 3.87. The molecule has 0 amide bonds. The van der Waals surface area contributed by atoms with Crippen LogP contribution in [0.3, 0.4) is 0 Å². The van der Waals surface area contributed by atoms with Crippen molar-refractivity contribution in [2.24, 2.45) is 5.92 Å². The highest BCUT2D eigenvalue weighted by Crippen LogP contribution is 2.43. The normalized spacial score (nSPS) is 25.1. The SMILES string of the molecule is CC(C)C1(C)BC2=C(B1)C=CC(C)(S)C=C2. The monoisotopic (exact) mass is 230 g/mol. The second-order valence-corrected chi connectivity index (χ2v) is 7.07. The lowest BCUT2D eigenvalue weighted by molar-refractivity contribution is 0.568. The molecule has 0 aromatic carbocycles. The zero-order valence-corrected chi connectivity index (χ0v) is 11.6. The minimum absolute atomic E-state index is 0.0847. The number of hydrogen-bond acceptors (Lipinski definition) is 1. The lowest BCUT2D eigenvalue weighted by atomic mass is 9.35. The minimum Gasteiger partial charge on any atom is -0.164 e. The maximum Gasteiger partial charge on any atom is 0.156 e. The third-order valence-electron chi connectivity index (χ3n) is 4.24. The van der Waals surface area contributed by atoms with E-state index in [1.807, 2.05) is 0 Å². The Balaban J connectivity index is 2.25. The van der Waals surface area contributed by atoms with Crippen LogP contribution < -0.4 is 0 Å². The van der Waals surface area contributed by atoms with Gasteiger partial charge in [0, 0.05) is 4.75 Å². The summed E-state index contributed by atoms with van der Waals surface area (Å²) in [5.41, 5.74) is 3.04. The molecular weight excluding hydrogens is 210 g/mol. The smallest absolute Gasteiger partial charge is 0.156 e. The molecule has 1 aliphatic heterocycles. The van der Waals surface area contributed by atoms with Crippen molar-refractivity contribution < 1.29 is 0 Å². The molecule has 1 aliphatic carbocycles. The van der Waals surface area contributed by atoms with Gasteiger partial charge in [0.2, 0.25) is 0 Å². The Labute approximate surface area is 106 Å². The summed E-state index contributed by atoms with van der Waals surface area (Å²) in [4.78, 5) is 0. The van der Waals surface area contributed by atoms with Crippen molar-refractivity contribution in [3.05, 3.63) is 35.2 Å². The molecule has 0 aromatic rings. The molecule has 0 atom stereocenters. The standard InChI is InChI=1S/C13H20B2S/c1-9(2)13(4)14-10-5-7-12(3,16)8-6-11(10)15-13/h5-9,14-16H,1-4H3. The van der Waals surface area contributed by atoms with Gasteiger partial charge in [-0.15, -0.1) is 0 Å². The van der Waals surface area contributed by atoms with E-state index in [9.17, 15) is 0 Å². The maximum absolute atomic E-state index is 4.61. The van der Waals surface area contributed by atoms with Gasteiger partial charge in [0.15, 0.2) is 14.6 Å². The highest BCUT2D eigenvalue weighted by molar-refractivity contribution is 7.82. The first-order chi connectivity index (χ1) is 7.32. The summed E-state index contributed by atoms with van der Waals surface area (Å²) in [5, 5.41) is 0.448. The van der Waals surface area contributed by atoms with E-state index < -0.39 is 0 Å². The van der Waals surface area contributed by atoms with Crippen LogP contribution in [0, 0.1) is 5.92 Å². The van der Waals surface area contributed by atoms with Crippen molar-refractivity contribution in [3.63, 3.8) is 0 Å². The quantitative estimate of drug-likeness (QED) is 0.519. The van der Waals surface area contributed by atoms with E-state index in [0.29, 0.717) is 5.21 Å². The second-order valence-electron chi connectivity index (χ2n) is 6.11. The van der Waals surface area contributed by atoms with E-state index in [0.717, 1.165) is 5.92 Å². The van der Waals surface area contributed by atoms with Crippen LogP contribution in [0.15, 0.2) is 35.2 Å². The Kier molecular flexibility index (Phi) is 2.94. The zero-order chi connectivity index (χ0) is 12.0. The van der Waals surface area contributed by atoms with Crippen molar-refractivity contribution >= 4 is 27.2 Å². The largest absolute Gasteiger partial charge is 0.164 e. The van der Waals surface area contributed by atoms with E-state index >= 15 is 0 Å². The van der Waals surface area contributed by atoms with Gasteiger partial charge in [-0.1, -0.05) is 67.2 Å². The molecule has 3 heteroatoms. The van der Waals surface area contributed by atoms with Crippen LogP contribution >= 0.6 is 12.6 Å². The number of hydrogen-bond donors (Lipinski definition) is 1. The molecule has 0 N–H and O–H groups in total. The van der Waals surface area contributed by atoms with Crippen LogP contribution in [0.25, 0.3) is 0 Å². The Morgan fingerprint density at radius 1 is 1.06 bits per heavy atom. The molecule has 0 radical (unpaired) electrons. The Morgan fingerprint density at radius 2 is 1.50 bits per heavy atom. The maximum atomic E-state index is 4.61. The molecule has 16 heavy (non-hydrogen) atoms. The van der Waals surface area contributed by atoms with Gasteiger partial charge < -0.3 is 0 Å². The predicted octanol–water partition coefficient (Wildman–Crippen LogP) is 2.69. The van der Waals surface area contributed by atoms with Gasteiger partial charge in [0.25, 0.3) is 0 Å². The lowest BCUT2D eigenvalue weighted by Gasteiger charge is -2.28. The molecule has 2 aliphatic rings. The van der Waals surface area contributed by atoms with Crippen molar-refractivity contribution in [1.29, 1.82) is 0 Å². The van der Waals surface area contributed by atoms with Crippen molar-refractivity contribution in [3.8, 4) is 0 Å². The van der Waals surface area contributed by atoms with E-state index in [4.69, 9.17) is 0 Å². The molecule has 2 rings (SSSR count). The third-order valence-corrected chi connectivity index (χ3v) is 4.54. The summed E-state index contributed by atoms with van der Waals surface area (Å²) >= 11 is 4.61. The van der Waals surface area contributed by atoms with Crippen LogP contribution in [0.1, 0.15) is 27.7 Å². The van der Waals surface area contributed by atoms with Gasteiger partial charge >= 0.3 is 0 Å². The molecule has 0 bridgehead atoms. The van der Waals surface area contributed by atoms with Gasteiger partial charge in [-0.3, -0.25) is 0 Å². The molecule has 1 heterocycles. The van der Waals surface area contributed by atoms with Crippen LogP contribution in [-0.4, -0.2) is 19.3 Å². The molecule has 0 spiro atoms. The van der Waals surface area contributed by atoms with E-state index in [2.05, 4.69) is 64.6 Å². The lowest BCUT2D eigenvalue weighted by Crippen LogP contribution is -2.25. The Bertz CT molecular complexity index is 361. The minimum atomic E-state index is -0.0847. The van der Waals surface area contributed by atoms with E-state index in [1.54, 1.807) is 0 Å². The fourth-order valence-corrected chi connectivity index (χ4v) is 2.64. The average molecular weight is 230 g/mol. The topological polar surface area (TPSA) is 0 Å². The van der Waals surface area contributed by atoms with Crippen molar-refractivity contribution in [2.75, 3.05) is 0 Å². The molecule has 0 unspecified atom stereocenters. The van der Waals surface area contributed by atoms with Gasteiger partial charge in [-0.05, 0) is 6.92 Å². The molecule has 0 saturated heterocycles. The summed E-state index contributed by atoms with van der Waals surface area (Å²) in [7, 11) is 2.43. The molecule has 0 fully saturated rings.